The number of piperazine rings is 1. The fourth-order valence-corrected chi connectivity index (χ4v) is 3.94. The molecule has 148 valence electrons. The normalized spacial score (nSPS) is 19.4. The van der Waals surface area contributed by atoms with Gasteiger partial charge in [0.2, 0.25) is 11.8 Å². The highest BCUT2D eigenvalue weighted by Crippen LogP contribution is 2.28. The van der Waals surface area contributed by atoms with E-state index in [1.54, 1.807) is 47.5 Å². The molecule has 1 unspecified atom stereocenters. The van der Waals surface area contributed by atoms with Gasteiger partial charge in [0, 0.05) is 56.1 Å². The van der Waals surface area contributed by atoms with Gasteiger partial charge in [-0.2, -0.15) is 5.26 Å². The van der Waals surface area contributed by atoms with Crippen molar-refractivity contribution in [2.75, 3.05) is 42.5 Å². The Labute approximate surface area is 174 Å². The first-order valence-corrected chi connectivity index (χ1v) is 9.89. The van der Waals surface area contributed by atoms with E-state index in [0.29, 0.717) is 43.3 Å². The van der Waals surface area contributed by atoms with Crippen LogP contribution in [-0.2, 0) is 9.59 Å². The van der Waals surface area contributed by atoms with E-state index in [2.05, 4.69) is 16.0 Å². The van der Waals surface area contributed by atoms with Gasteiger partial charge < -0.3 is 14.7 Å². The Morgan fingerprint density at radius 3 is 2.55 bits per heavy atom. The Morgan fingerprint density at radius 1 is 1.14 bits per heavy atom. The topological polar surface area (TPSA) is 80.5 Å². The molecule has 0 N–H and O–H groups in total. The number of nitriles is 1. The SMILES string of the molecule is N#Cc1ccnc(N2CCN(C(=O)C3CC(=O)N(c4ccc(Cl)cc4)C3)CC2)c1. The number of benzene rings is 1. The third kappa shape index (κ3) is 4.03. The first kappa shape index (κ1) is 19.2. The molecule has 0 saturated carbocycles. The molecule has 1 aromatic heterocycles. The van der Waals surface area contributed by atoms with Crippen LogP contribution in [0.2, 0.25) is 5.02 Å². The van der Waals surface area contributed by atoms with Gasteiger partial charge in [-0.3, -0.25) is 9.59 Å². The lowest BCUT2D eigenvalue weighted by Gasteiger charge is -2.36. The summed E-state index contributed by atoms with van der Waals surface area (Å²) in [6.45, 7) is 2.83. The van der Waals surface area contributed by atoms with Crippen LogP contribution in [-0.4, -0.2) is 54.4 Å². The van der Waals surface area contributed by atoms with E-state index in [1.165, 1.54) is 0 Å². The van der Waals surface area contributed by atoms with E-state index in [4.69, 9.17) is 16.9 Å². The third-order valence-corrected chi connectivity index (χ3v) is 5.65. The van der Waals surface area contributed by atoms with Crippen LogP contribution >= 0.6 is 11.6 Å². The summed E-state index contributed by atoms with van der Waals surface area (Å²) in [5.74, 6) is 0.404. The van der Waals surface area contributed by atoms with Crippen molar-refractivity contribution in [3.8, 4) is 6.07 Å². The molecule has 4 rings (SSSR count). The minimum Gasteiger partial charge on any atom is -0.353 e. The molecule has 0 aliphatic carbocycles. The predicted octanol–water partition coefficient (Wildman–Crippen LogP) is 2.31. The molecular weight excluding hydrogens is 390 g/mol. The van der Waals surface area contributed by atoms with Crippen molar-refractivity contribution < 1.29 is 9.59 Å². The first-order chi connectivity index (χ1) is 14.0. The van der Waals surface area contributed by atoms with Crippen molar-refractivity contribution in [1.29, 1.82) is 5.26 Å². The molecule has 2 saturated heterocycles. The number of hydrogen-bond donors (Lipinski definition) is 0. The molecule has 2 aliphatic heterocycles. The number of amides is 2. The highest BCUT2D eigenvalue weighted by atomic mass is 35.5. The number of aromatic nitrogens is 1. The van der Waals surface area contributed by atoms with Crippen LogP contribution in [0.25, 0.3) is 0 Å². The van der Waals surface area contributed by atoms with Gasteiger partial charge in [0.05, 0.1) is 17.6 Å². The van der Waals surface area contributed by atoms with E-state index < -0.39 is 0 Å². The number of hydrogen-bond acceptors (Lipinski definition) is 5. The summed E-state index contributed by atoms with van der Waals surface area (Å²) in [6, 6.07) is 12.6. The maximum atomic E-state index is 13.0. The Kier molecular flexibility index (Phi) is 5.36. The van der Waals surface area contributed by atoms with Crippen molar-refractivity contribution in [2.45, 2.75) is 6.42 Å². The molecule has 2 aromatic rings. The van der Waals surface area contributed by atoms with Gasteiger partial charge >= 0.3 is 0 Å². The highest BCUT2D eigenvalue weighted by molar-refractivity contribution is 6.30. The van der Waals surface area contributed by atoms with Gasteiger partial charge in [-0.05, 0) is 36.4 Å². The molecule has 0 bridgehead atoms. The number of anilines is 2. The Morgan fingerprint density at radius 2 is 1.86 bits per heavy atom. The van der Waals surface area contributed by atoms with Crippen LogP contribution in [0.4, 0.5) is 11.5 Å². The van der Waals surface area contributed by atoms with Gasteiger partial charge in [-0.25, -0.2) is 4.98 Å². The molecule has 1 aromatic carbocycles. The minimum absolute atomic E-state index is 0.0215. The van der Waals surface area contributed by atoms with Gasteiger partial charge in [0.1, 0.15) is 5.82 Å². The summed E-state index contributed by atoms with van der Waals surface area (Å²) in [7, 11) is 0. The molecule has 29 heavy (non-hydrogen) atoms. The molecule has 7 nitrogen and oxygen atoms in total. The van der Waals surface area contributed by atoms with Gasteiger partial charge in [0.15, 0.2) is 0 Å². The van der Waals surface area contributed by atoms with E-state index in [9.17, 15) is 9.59 Å². The molecule has 0 spiro atoms. The van der Waals surface area contributed by atoms with E-state index in [1.807, 2.05) is 4.90 Å². The van der Waals surface area contributed by atoms with Gasteiger partial charge in [0.25, 0.3) is 0 Å². The molecule has 3 heterocycles. The molecule has 2 amide bonds. The second-order valence-electron chi connectivity index (χ2n) is 7.21. The zero-order valence-corrected chi connectivity index (χ0v) is 16.5. The Balaban J connectivity index is 1.37. The lowest BCUT2D eigenvalue weighted by molar-refractivity contribution is -0.136. The van der Waals surface area contributed by atoms with Crippen LogP contribution in [0.15, 0.2) is 42.6 Å². The standard InChI is InChI=1S/C21H20ClN5O2/c22-17-1-3-18(4-2-17)27-14-16(12-20(27)28)21(29)26-9-7-25(8-10-26)19-11-15(13-23)5-6-24-19/h1-6,11,16H,7-10,12,14H2. The lowest BCUT2D eigenvalue weighted by atomic mass is 10.1. The Bertz CT molecular complexity index is 964. The summed E-state index contributed by atoms with van der Waals surface area (Å²) >= 11 is 5.92. The summed E-state index contributed by atoms with van der Waals surface area (Å²) in [4.78, 5) is 35.3. The average Bonchev–Trinajstić information content (AvgIpc) is 3.15. The zero-order valence-electron chi connectivity index (χ0n) is 15.8. The molecule has 8 heteroatoms. The van der Waals surface area contributed by atoms with E-state index in [-0.39, 0.29) is 24.2 Å². The van der Waals surface area contributed by atoms with Crippen molar-refractivity contribution in [1.82, 2.24) is 9.88 Å². The largest absolute Gasteiger partial charge is 0.353 e. The molecule has 2 fully saturated rings. The second-order valence-corrected chi connectivity index (χ2v) is 7.65. The molecular formula is C21H20ClN5O2. The van der Waals surface area contributed by atoms with Crippen molar-refractivity contribution in [3.63, 3.8) is 0 Å². The number of rotatable bonds is 3. The van der Waals surface area contributed by atoms with Crippen LogP contribution in [0.1, 0.15) is 12.0 Å². The van der Waals surface area contributed by atoms with E-state index in [0.717, 1.165) is 11.5 Å². The summed E-state index contributed by atoms with van der Waals surface area (Å²) in [6.07, 6.45) is 1.86. The van der Waals surface area contributed by atoms with Crippen LogP contribution in [0.5, 0.6) is 0 Å². The lowest BCUT2D eigenvalue weighted by Crippen LogP contribution is -2.51. The number of carbonyl (C=O) groups is 2. The minimum atomic E-state index is -0.329. The van der Waals surface area contributed by atoms with Crippen LogP contribution in [0.3, 0.4) is 0 Å². The van der Waals surface area contributed by atoms with Gasteiger partial charge in [-0.1, -0.05) is 11.6 Å². The number of carbonyl (C=O) groups excluding carboxylic acids is 2. The summed E-state index contributed by atoms with van der Waals surface area (Å²) < 4.78 is 0. The number of halogens is 1. The van der Waals surface area contributed by atoms with E-state index >= 15 is 0 Å². The maximum absolute atomic E-state index is 13.0. The number of pyridine rings is 1. The summed E-state index contributed by atoms with van der Waals surface area (Å²) in [5, 5.41) is 9.66. The maximum Gasteiger partial charge on any atom is 0.228 e. The van der Waals surface area contributed by atoms with Crippen LogP contribution in [0, 0.1) is 17.2 Å². The monoisotopic (exact) mass is 409 g/mol. The van der Waals surface area contributed by atoms with Crippen molar-refractivity contribution >= 4 is 34.9 Å². The summed E-state index contributed by atoms with van der Waals surface area (Å²) in [5.41, 5.74) is 1.34. The average molecular weight is 410 g/mol. The molecule has 1 atom stereocenters. The number of nitrogens with zero attached hydrogens (tertiary/aromatic N) is 5. The highest BCUT2D eigenvalue weighted by Gasteiger charge is 2.38. The first-order valence-electron chi connectivity index (χ1n) is 9.51. The smallest absolute Gasteiger partial charge is 0.228 e. The zero-order chi connectivity index (χ0) is 20.4. The van der Waals surface area contributed by atoms with Gasteiger partial charge in [-0.15, -0.1) is 0 Å². The predicted molar refractivity (Wildman–Crippen MR) is 110 cm³/mol. The fraction of sp³-hybridized carbons (Fsp3) is 0.333. The van der Waals surface area contributed by atoms with Crippen molar-refractivity contribution in [3.05, 3.63) is 53.2 Å². The van der Waals surface area contributed by atoms with Crippen molar-refractivity contribution in [2.24, 2.45) is 5.92 Å². The quantitative estimate of drug-likeness (QED) is 0.777. The molecule has 2 aliphatic rings. The fourth-order valence-electron chi connectivity index (χ4n) is 3.82. The second kappa shape index (κ2) is 8.10. The third-order valence-electron chi connectivity index (χ3n) is 5.40. The Hall–Kier alpha value is -3.11. The molecule has 0 radical (unpaired) electrons. The van der Waals surface area contributed by atoms with Crippen LogP contribution < -0.4 is 9.80 Å².